The first-order chi connectivity index (χ1) is 14.5. The van der Waals surface area contributed by atoms with Crippen LogP contribution in [0.15, 0.2) is 70.5 Å². The summed E-state index contributed by atoms with van der Waals surface area (Å²) in [5, 5.41) is 11.4. The Hall–Kier alpha value is -3.45. The number of hydrogen-bond donors (Lipinski definition) is 1. The van der Waals surface area contributed by atoms with Gasteiger partial charge in [0.25, 0.3) is 5.91 Å². The van der Waals surface area contributed by atoms with E-state index in [4.69, 9.17) is 4.42 Å². The second-order valence-corrected chi connectivity index (χ2v) is 7.55. The van der Waals surface area contributed by atoms with Gasteiger partial charge in [0.1, 0.15) is 11.6 Å². The molecule has 3 aromatic rings. The molecule has 1 aliphatic rings. The maximum Gasteiger partial charge on any atom is 0.290 e. The summed E-state index contributed by atoms with van der Waals surface area (Å²) < 4.78 is 5.71. The van der Waals surface area contributed by atoms with E-state index in [1.165, 1.54) is 4.90 Å². The predicted octanol–water partition coefficient (Wildman–Crippen LogP) is 3.36. The van der Waals surface area contributed by atoms with Gasteiger partial charge < -0.3 is 19.3 Å². The molecule has 154 valence electrons. The number of hydrogen-bond acceptors (Lipinski definition) is 6. The summed E-state index contributed by atoms with van der Waals surface area (Å²) in [7, 11) is 3.91. The SMILES string of the molecule is CN(C)CCCN1C(=O)C(O)=C(C(=O)c2cc3ccccc3o2)[C@@H]1c1ccccn1. The molecule has 1 aromatic carbocycles. The van der Waals surface area contributed by atoms with Crippen LogP contribution < -0.4 is 0 Å². The molecule has 0 bridgehead atoms. The monoisotopic (exact) mass is 405 g/mol. The summed E-state index contributed by atoms with van der Waals surface area (Å²) in [6.45, 7) is 1.16. The molecule has 4 rings (SSSR count). The third-order valence-electron chi connectivity index (χ3n) is 5.17. The zero-order valence-electron chi connectivity index (χ0n) is 16.9. The number of benzene rings is 1. The Kier molecular flexibility index (Phi) is 5.37. The van der Waals surface area contributed by atoms with Crippen molar-refractivity contribution in [1.29, 1.82) is 0 Å². The Morgan fingerprint density at radius 2 is 1.97 bits per heavy atom. The second kappa shape index (κ2) is 8.12. The number of aliphatic hydroxyl groups is 1. The average Bonchev–Trinajstić information content (AvgIpc) is 3.28. The molecular weight excluding hydrogens is 382 g/mol. The van der Waals surface area contributed by atoms with E-state index in [9.17, 15) is 14.7 Å². The van der Waals surface area contributed by atoms with Crippen molar-refractivity contribution >= 4 is 22.7 Å². The normalized spacial score (nSPS) is 16.8. The summed E-state index contributed by atoms with van der Waals surface area (Å²) in [6.07, 6.45) is 2.30. The van der Waals surface area contributed by atoms with Gasteiger partial charge in [-0.3, -0.25) is 14.6 Å². The van der Waals surface area contributed by atoms with Crippen LogP contribution in [-0.4, -0.2) is 58.8 Å². The summed E-state index contributed by atoms with van der Waals surface area (Å²) in [5.41, 5.74) is 1.10. The summed E-state index contributed by atoms with van der Waals surface area (Å²) in [6, 6.07) is 13.5. The van der Waals surface area contributed by atoms with E-state index >= 15 is 0 Å². The maximum absolute atomic E-state index is 13.4. The zero-order chi connectivity index (χ0) is 21.3. The largest absolute Gasteiger partial charge is 0.503 e. The van der Waals surface area contributed by atoms with Crippen molar-refractivity contribution < 1.29 is 19.1 Å². The summed E-state index contributed by atoms with van der Waals surface area (Å²) in [5.74, 6) is -1.53. The molecule has 0 aliphatic carbocycles. The number of aromatic nitrogens is 1. The molecule has 3 heterocycles. The lowest BCUT2D eigenvalue weighted by Gasteiger charge is -2.26. The lowest BCUT2D eigenvalue weighted by atomic mass is 9.98. The number of rotatable bonds is 7. The third-order valence-corrected chi connectivity index (χ3v) is 5.17. The van der Waals surface area contributed by atoms with Crippen LogP contribution in [-0.2, 0) is 4.79 Å². The number of fused-ring (bicyclic) bond motifs is 1. The molecule has 1 amide bonds. The predicted molar refractivity (Wildman–Crippen MR) is 112 cm³/mol. The Morgan fingerprint density at radius 1 is 1.20 bits per heavy atom. The van der Waals surface area contributed by atoms with Crippen LogP contribution in [0.2, 0.25) is 0 Å². The van der Waals surface area contributed by atoms with Crippen molar-refractivity contribution in [1.82, 2.24) is 14.8 Å². The lowest BCUT2D eigenvalue weighted by Crippen LogP contribution is -2.33. The topological polar surface area (TPSA) is 86.9 Å². The van der Waals surface area contributed by atoms with Gasteiger partial charge in [-0.15, -0.1) is 0 Å². The van der Waals surface area contributed by atoms with E-state index < -0.39 is 23.5 Å². The number of Topliss-reactive ketones (excluding diaryl/α,β-unsaturated/α-hetero) is 1. The molecule has 0 saturated heterocycles. The van der Waals surface area contributed by atoms with Crippen LogP contribution in [0, 0.1) is 0 Å². The standard InChI is InChI=1S/C23H23N3O4/c1-25(2)12-7-13-26-20(16-9-5-6-11-24-16)19(22(28)23(26)29)21(27)18-14-15-8-3-4-10-17(15)30-18/h3-6,8-11,14,20,28H,7,12-13H2,1-2H3/t20-/m0/s1. The molecule has 2 aromatic heterocycles. The Bertz CT molecular complexity index is 1080. The number of carbonyl (C=O) groups is 2. The van der Waals surface area contributed by atoms with Gasteiger partial charge in [0, 0.05) is 18.1 Å². The molecule has 1 N–H and O–H groups in total. The van der Waals surface area contributed by atoms with Crippen molar-refractivity contribution in [2.45, 2.75) is 12.5 Å². The number of carbonyl (C=O) groups excluding carboxylic acids is 2. The molecule has 0 saturated carbocycles. The minimum absolute atomic E-state index is 0.00242. The lowest BCUT2D eigenvalue weighted by molar-refractivity contribution is -0.129. The molecule has 0 spiro atoms. The number of aliphatic hydroxyl groups excluding tert-OH is 1. The van der Waals surface area contributed by atoms with Gasteiger partial charge in [-0.05, 0) is 51.3 Å². The van der Waals surface area contributed by atoms with E-state index in [0.29, 0.717) is 24.2 Å². The Morgan fingerprint density at radius 3 is 2.67 bits per heavy atom. The van der Waals surface area contributed by atoms with Crippen LogP contribution in [0.4, 0.5) is 0 Å². The second-order valence-electron chi connectivity index (χ2n) is 7.55. The van der Waals surface area contributed by atoms with E-state index in [1.807, 2.05) is 37.2 Å². The van der Waals surface area contributed by atoms with Crippen LogP contribution in [0.25, 0.3) is 11.0 Å². The smallest absolute Gasteiger partial charge is 0.290 e. The highest BCUT2D eigenvalue weighted by Crippen LogP contribution is 2.38. The number of furan rings is 1. The third kappa shape index (κ3) is 3.59. The Labute approximate surface area is 174 Å². The number of amides is 1. The number of pyridine rings is 1. The van der Waals surface area contributed by atoms with Crippen molar-refractivity contribution in [3.8, 4) is 0 Å². The molecule has 0 radical (unpaired) electrons. The van der Waals surface area contributed by atoms with Gasteiger partial charge >= 0.3 is 0 Å². The fourth-order valence-electron chi connectivity index (χ4n) is 3.75. The van der Waals surface area contributed by atoms with Gasteiger partial charge in [-0.2, -0.15) is 0 Å². The first-order valence-electron chi connectivity index (χ1n) is 9.80. The fourth-order valence-corrected chi connectivity index (χ4v) is 3.75. The van der Waals surface area contributed by atoms with E-state index in [-0.39, 0.29) is 11.3 Å². The van der Waals surface area contributed by atoms with Crippen LogP contribution in [0.5, 0.6) is 0 Å². The van der Waals surface area contributed by atoms with Gasteiger partial charge in [-0.25, -0.2) is 0 Å². The van der Waals surface area contributed by atoms with Gasteiger partial charge in [-0.1, -0.05) is 24.3 Å². The van der Waals surface area contributed by atoms with Crippen molar-refractivity contribution in [3.05, 3.63) is 77.5 Å². The highest BCUT2D eigenvalue weighted by atomic mass is 16.3. The summed E-state index contributed by atoms with van der Waals surface area (Å²) >= 11 is 0. The van der Waals surface area contributed by atoms with Gasteiger partial charge in [0.05, 0.1) is 11.3 Å². The fraction of sp³-hybridized carbons (Fsp3) is 0.261. The maximum atomic E-state index is 13.4. The molecule has 1 atom stereocenters. The molecular formula is C23H23N3O4. The minimum Gasteiger partial charge on any atom is -0.503 e. The number of ketones is 1. The molecule has 1 aliphatic heterocycles. The van der Waals surface area contributed by atoms with E-state index in [0.717, 1.165) is 11.9 Å². The molecule has 0 fully saturated rings. The molecule has 7 heteroatoms. The van der Waals surface area contributed by atoms with Crippen molar-refractivity contribution in [3.63, 3.8) is 0 Å². The molecule has 0 unspecified atom stereocenters. The van der Waals surface area contributed by atoms with Crippen LogP contribution >= 0.6 is 0 Å². The summed E-state index contributed by atoms with van der Waals surface area (Å²) in [4.78, 5) is 34.1. The highest BCUT2D eigenvalue weighted by molar-refractivity contribution is 6.15. The Balaban J connectivity index is 1.73. The first-order valence-corrected chi connectivity index (χ1v) is 9.80. The van der Waals surface area contributed by atoms with Crippen molar-refractivity contribution in [2.24, 2.45) is 0 Å². The quantitative estimate of drug-likeness (QED) is 0.607. The zero-order valence-corrected chi connectivity index (χ0v) is 16.9. The first kappa shape index (κ1) is 19.8. The van der Waals surface area contributed by atoms with E-state index in [1.54, 1.807) is 36.5 Å². The average molecular weight is 405 g/mol. The van der Waals surface area contributed by atoms with E-state index in [2.05, 4.69) is 4.98 Å². The number of para-hydroxylation sites is 1. The minimum atomic E-state index is -0.762. The molecule has 30 heavy (non-hydrogen) atoms. The number of nitrogens with zero attached hydrogens (tertiary/aromatic N) is 3. The van der Waals surface area contributed by atoms with Crippen LogP contribution in [0.3, 0.4) is 0 Å². The van der Waals surface area contributed by atoms with Gasteiger partial charge in [0.15, 0.2) is 11.5 Å². The van der Waals surface area contributed by atoms with Crippen LogP contribution in [0.1, 0.15) is 28.7 Å². The van der Waals surface area contributed by atoms with Gasteiger partial charge in [0.2, 0.25) is 5.78 Å². The molecule has 7 nitrogen and oxygen atoms in total. The highest BCUT2D eigenvalue weighted by Gasteiger charge is 2.44. The van der Waals surface area contributed by atoms with Crippen molar-refractivity contribution in [2.75, 3.05) is 27.2 Å².